The SMILES string of the molecule is C=CCn1c(SCC(=O)Nc2nc(-c3ccc(C)cc3)cs2)nnc1-c1cc(OC)c(OC)c(OC)c1. The largest absolute Gasteiger partial charge is 0.493 e. The molecule has 37 heavy (non-hydrogen) atoms. The number of amides is 1. The summed E-state index contributed by atoms with van der Waals surface area (Å²) in [7, 11) is 4.66. The van der Waals surface area contributed by atoms with E-state index in [2.05, 4.69) is 27.1 Å². The van der Waals surface area contributed by atoms with Crippen molar-refractivity contribution in [2.24, 2.45) is 0 Å². The number of benzene rings is 2. The second-order valence-corrected chi connectivity index (χ2v) is 9.66. The summed E-state index contributed by atoms with van der Waals surface area (Å²) in [6.45, 7) is 6.34. The van der Waals surface area contributed by atoms with Crippen LogP contribution in [0.15, 0.2) is 59.6 Å². The molecule has 0 bridgehead atoms. The molecule has 1 N–H and O–H groups in total. The highest BCUT2D eigenvalue weighted by atomic mass is 32.2. The number of carbonyl (C=O) groups excluding carboxylic acids is 1. The van der Waals surface area contributed by atoms with Crippen molar-refractivity contribution in [3.8, 4) is 39.9 Å². The van der Waals surface area contributed by atoms with Crippen molar-refractivity contribution in [1.82, 2.24) is 19.7 Å². The van der Waals surface area contributed by atoms with E-state index in [0.29, 0.717) is 39.9 Å². The first-order valence-corrected chi connectivity index (χ1v) is 13.1. The Morgan fingerprint density at radius 2 is 1.78 bits per heavy atom. The highest BCUT2D eigenvalue weighted by molar-refractivity contribution is 7.99. The molecule has 0 fully saturated rings. The average molecular weight is 538 g/mol. The van der Waals surface area contributed by atoms with Crippen molar-refractivity contribution in [2.75, 3.05) is 32.4 Å². The number of hydrogen-bond donors (Lipinski definition) is 1. The third kappa shape index (κ3) is 5.95. The molecule has 4 rings (SSSR count). The third-order valence-electron chi connectivity index (χ3n) is 5.38. The topological polar surface area (TPSA) is 100 Å². The Balaban J connectivity index is 1.48. The van der Waals surface area contributed by atoms with E-state index in [1.54, 1.807) is 39.5 Å². The number of allylic oxidation sites excluding steroid dienone is 1. The van der Waals surface area contributed by atoms with Gasteiger partial charge in [0.1, 0.15) is 0 Å². The number of thiazole rings is 1. The summed E-state index contributed by atoms with van der Waals surface area (Å²) in [5, 5.41) is 14.6. The van der Waals surface area contributed by atoms with E-state index in [9.17, 15) is 4.79 Å². The van der Waals surface area contributed by atoms with Gasteiger partial charge in [0.05, 0.1) is 32.8 Å². The molecule has 0 saturated carbocycles. The Morgan fingerprint density at radius 1 is 1.08 bits per heavy atom. The number of nitrogens with zero attached hydrogens (tertiary/aromatic N) is 4. The number of carbonyl (C=O) groups is 1. The zero-order valence-electron chi connectivity index (χ0n) is 21.0. The predicted molar refractivity (Wildman–Crippen MR) is 147 cm³/mol. The van der Waals surface area contributed by atoms with E-state index in [0.717, 1.165) is 16.8 Å². The average Bonchev–Trinajstić information content (AvgIpc) is 3.54. The van der Waals surface area contributed by atoms with Crippen LogP contribution in [-0.2, 0) is 11.3 Å². The van der Waals surface area contributed by atoms with E-state index >= 15 is 0 Å². The molecule has 2 aromatic carbocycles. The van der Waals surface area contributed by atoms with Gasteiger partial charge in [0.25, 0.3) is 0 Å². The minimum absolute atomic E-state index is 0.143. The molecule has 0 aliphatic carbocycles. The number of methoxy groups -OCH3 is 3. The van der Waals surface area contributed by atoms with Gasteiger partial charge in [-0.3, -0.25) is 9.36 Å². The van der Waals surface area contributed by atoms with Crippen molar-refractivity contribution in [2.45, 2.75) is 18.6 Å². The van der Waals surface area contributed by atoms with Crippen LogP contribution >= 0.6 is 23.1 Å². The summed E-state index contributed by atoms with van der Waals surface area (Å²) in [6.07, 6.45) is 1.75. The van der Waals surface area contributed by atoms with Crippen LogP contribution in [0.2, 0.25) is 0 Å². The van der Waals surface area contributed by atoms with Gasteiger partial charge in [-0.05, 0) is 19.1 Å². The minimum atomic E-state index is -0.183. The van der Waals surface area contributed by atoms with E-state index < -0.39 is 0 Å². The molecule has 0 saturated heterocycles. The predicted octanol–water partition coefficient (Wildman–Crippen LogP) is 5.32. The fraction of sp³-hybridized carbons (Fsp3) is 0.231. The highest BCUT2D eigenvalue weighted by Crippen LogP contribution is 2.41. The van der Waals surface area contributed by atoms with Crippen molar-refractivity contribution in [3.63, 3.8) is 0 Å². The molecule has 11 heteroatoms. The Hall–Kier alpha value is -3.83. The van der Waals surface area contributed by atoms with Crippen molar-refractivity contribution in [1.29, 1.82) is 0 Å². The monoisotopic (exact) mass is 537 g/mol. The lowest BCUT2D eigenvalue weighted by molar-refractivity contribution is -0.113. The van der Waals surface area contributed by atoms with Crippen LogP contribution in [-0.4, -0.2) is 52.7 Å². The van der Waals surface area contributed by atoms with E-state index in [1.165, 1.54) is 28.7 Å². The second kappa shape index (κ2) is 11.9. The molecule has 1 amide bonds. The van der Waals surface area contributed by atoms with E-state index in [1.807, 2.05) is 41.1 Å². The first-order chi connectivity index (χ1) is 18.0. The van der Waals surface area contributed by atoms with E-state index in [-0.39, 0.29) is 11.7 Å². The van der Waals surface area contributed by atoms with Gasteiger partial charge < -0.3 is 19.5 Å². The maximum Gasteiger partial charge on any atom is 0.236 e. The van der Waals surface area contributed by atoms with E-state index in [4.69, 9.17) is 14.2 Å². The summed E-state index contributed by atoms with van der Waals surface area (Å²) in [5.41, 5.74) is 3.75. The van der Waals surface area contributed by atoms with Crippen molar-refractivity contribution in [3.05, 3.63) is 60.0 Å². The van der Waals surface area contributed by atoms with Gasteiger partial charge in [-0.25, -0.2) is 4.98 Å². The van der Waals surface area contributed by atoms with Crippen LogP contribution < -0.4 is 19.5 Å². The highest BCUT2D eigenvalue weighted by Gasteiger charge is 2.20. The van der Waals surface area contributed by atoms with Crippen LogP contribution in [0.3, 0.4) is 0 Å². The van der Waals surface area contributed by atoms with Gasteiger partial charge in [-0.2, -0.15) is 0 Å². The molecule has 2 aromatic heterocycles. The van der Waals surface area contributed by atoms with Gasteiger partial charge in [-0.1, -0.05) is 47.7 Å². The van der Waals surface area contributed by atoms with Gasteiger partial charge >= 0.3 is 0 Å². The lowest BCUT2D eigenvalue weighted by Crippen LogP contribution is -2.14. The lowest BCUT2D eigenvalue weighted by atomic mass is 10.1. The number of aromatic nitrogens is 4. The number of thioether (sulfide) groups is 1. The molecule has 2 heterocycles. The summed E-state index contributed by atoms with van der Waals surface area (Å²) in [4.78, 5) is 17.2. The molecule has 192 valence electrons. The molecule has 0 radical (unpaired) electrons. The molecule has 0 atom stereocenters. The van der Waals surface area contributed by atoms with Crippen molar-refractivity contribution >= 4 is 34.1 Å². The Morgan fingerprint density at radius 3 is 2.41 bits per heavy atom. The zero-order valence-corrected chi connectivity index (χ0v) is 22.6. The summed E-state index contributed by atoms with van der Waals surface area (Å²) < 4.78 is 18.2. The summed E-state index contributed by atoms with van der Waals surface area (Å²) >= 11 is 2.67. The molecule has 0 spiro atoms. The molecular formula is C26H27N5O4S2. The van der Waals surface area contributed by atoms with Crippen LogP contribution in [0, 0.1) is 6.92 Å². The van der Waals surface area contributed by atoms with Gasteiger partial charge in [0, 0.05) is 23.1 Å². The number of nitrogens with one attached hydrogen (secondary N) is 1. The van der Waals surface area contributed by atoms with Crippen LogP contribution in [0.5, 0.6) is 17.2 Å². The lowest BCUT2D eigenvalue weighted by Gasteiger charge is -2.14. The Bertz CT molecular complexity index is 1370. The molecule has 0 aliphatic heterocycles. The molecule has 9 nitrogen and oxygen atoms in total. The molecular weight excluding hydrogens is 510 g/mol. The number of aryl methyl sites for hydroxylation is 1. The Labute approximate surface area is 223 Å². The van der Waals surface area contributed by atoms with Crippen LogP contribution in [0.4, 0.5) is 5.13 Å². The number of hydrogen-bond acceptors (Lipinski definition) is 9. The minimum Gasteiger partial charge on any atom is -0.493 e. The van der Waals surface area contributed by atoms with Crippen LogP contribution in [0.1, 0.15) is 5.56 Å². The summed E-state index contributed by atoms with van der Waals surface area (Å²) in [6, 6.07) is 11.7. The standard InChI is InChI=1S/C26H27N5O4S2/c1-6-11-31-24(18-12-20(33-3)23(35-5)21(13-18)34-4)29-30-26(31)37-15-22(32)28-25-27-19(14-36-25)17-9-7-16(2)8-10-17/h6-10,12-14H,1,11,15H2,2-5H3,(H,27,28,32). The van der Waals surface area contributed by atoms with Crippen LogP contribution in [0.25, 0.3) is 22.6 Å². The maximum atomic E-state index is 12.7. The normalized spacial score (nSPS) is 10.7. The third-order valence-corrected chi connectivity index (χ3v) is 7.11. The fourth-order valence-electron chi connectivity index (χ4n) is 3.59. The first kappa shape index (κ1) is 26.2. The van der Waals surface area contributed by atoms with Gasteiger partial charge in [0.15, 0.2) is 27.6 Å². The smallest absolute Gasteiger partial charge is 0.236 e. The van der Waals surface area contributed by atoms with Crippen molar-refractivity contribution < 1.29 is 19.0 Å². The van der Waals surface area contributed by atoms with Gasteiger partial charge in [-0.15, -0.1) is 28.1 Å². The quantitative estimate of drug-likeness (QED) is 0.203. The molecule has 0 unspecified atom stereocenters. The molecule has 0 aliphatic rings. The number of anilines is 1. The second-order valence-electron chi connectivity index (χ2n) is 7.86. The Kier molecular flexibility index (Phi) is 8.47. The fourth-order valence-corrected chi connectivity index (χ4v) is 5.07. The zero-order chi connectivity index (χ0) is 26.4. The summed E-state index contributed by atoms with van der Waals surface area (Å²) in [5.74, 6) is 2.05. The van der Waals surface area contributed by atoms with Gasteiger partial charge in [0.2, 0.25) is 11.7 Å². The number of ether oxygens (including phenoxy) is 3. The maximum absolute atomic E-state index is 12.7. The molecule has 4 aromatic rings. The first-order valence-electron chi connectivity index (χ1n) is 11.3. The number of rotatable bonds is 11.